The quantitative estimate of drug-likeness (QED) is 0.218. The number of hydrogen-bond acceptors (Lipinski definition) is 3. The van der Waals surface area contributed by atoms with Gasteiger partial charge in [-0.3, -0.25) is 0 Å². The number of hydrogen-bond donors (Lipinski definition) is 0. The maximum Gasteiger partial charge on any atom is 0.136 e. The molecule has 2 aromatic heterocycles. The van der Waals surface area contributed by atoms with Gasteiger partial charge in [-0.1, -0.05) is 80.6 Å². The fraction of sp³-hybridized carbons (Fsp3) is 0.0769. The van der Waals surface area contributed by atoms with Gasteiger partial charge in [0.2, 0.25) is 0 Å². The molecule has 3 nitrogen and oxygen atoms in total. The van der Waals surface area contributed by atoms with Crippen LogP contribution in [0.15, 0.2) is 130 Å². The van der Waals surface area contributed by atoms with Crippen LogP contribution in [0.25, 0.3) is 66.1 Å². The first-order valence-electron chi connectivity index (χ1n) is 14.3. The van der Waals surface area contributed by atoms with Crippen molar-refractivity contribution in [1.29, 1.82) is 0 Å². The summed E-state index contributed by atoms with van der Waals surface area (Å²) < 4.78 is 18.9. The topological polar surface area (TPSA) is 35.5 Å². The van der Waals surface area contributed by atoms with E-state index >= 15 is 0 Å². The number of furan rings is 2. The molecule has 3 heterocycles. The minimum absolute atomic E-state index is 0.127. The standard InChI is InChI=1S/C39H26O3/c1-39(2)31-8-4-6-10-35(31)41-38-22-26(13-17-32(38)39)25-12-16-29-28-15-11-24(20-36(28)42-37(29)21-25)23-14-18-34-30(19-23)27-7-3-5-9-33(27)40-34/h3-22H,1-2H3. The number of rotatable bonds is 2. The van der Waals surface area contributed by atoms with Gasteiger partial charge in [0.15, 0.2) is 0 Å². The summed E-state index contributed by atoms with van der Waals surface area (Å²) in [6.07, 6.45) is 0. The van der Waals surface area contributed by atoms with E-state index < -0.39 is 0 Å². The van der Waals surface area contributed by atoms with Crippen molar-refractivity contribution >= 4 is 43.9 Å². The van der Waals surface area contributed by atoms with Crippen molar-refractivity contribution in [3.05, 3.63) is 132 Å². The Balaban J connectivity index is 1.11. The van der Waals surface area contributed by atoms with Gasteiger partial charge >= 0.3 is 0 Å². The number of para-hydroxylation sites is 2. The Kier molecular flexibility index (Phi) is 4.67. The van der Waals surface area contributed by atoms with Crippen LogP contribution in [0.5, 0.6) is 11.5 Å². The van der Waals surface area contributed by atoms with Crippen LogP contribution in [0.3, 0.4) is 0 Å². The molecule has 0 unspecified atom stereocenters. The molecular weight excluding hydrogens is 516 g/mol. The largest absolute Gasteiger partial charge is 0.457 e. The molecule has 0 saturated heterocycles. The predicted molar refractivity (Wildman–Crippen MR) is 171 cm³/mol. The second-order valence-electron chi connectivity index (χ2n) is 11.8. The molecule has 0 spiro atoms. The van der Waals surface area contributed by atoms with Crippen molar-refractivity contribution in [2.45, 2.75) is 19.3 Å². The second-order valence-corrected chi connectivity index (χ2v) is 11.8. The zero-order chi connectivity index (χ0) is 28.0. The highest BCUT2D eigenvalue weighted by molar-refractivity contribution is 6.08. The lowest BCUT2D eigenvalue weighted by Crippen LogP contribution is -2.24. The minimum Gasteiger partial charge on any atom is -0.457 e. The molecule has 0 atom stereocenters. The van der Waals surface area contributed by atoms with Crippen LogP contribution in [0.4, 0.5) is 0 Å². The third kappa shape index (κ3) is 3.34. The molecule has 200 valence electrons. The fourth-order valence-corrected chi connectivity index (χ4v) is 6.68. The summed E-state index contributed by atoms with van der Waals surface area (Å²) in [5.41, 5.74) is 10.3. The Labute approximate surface area is 242 Å². The van der Waals surface area contributed by atoms with E-state index in [1.807, 2.05) is 18.2 Å². The Bertz CT molecular complexity index is 2370. The second kappa shape index (κ2) is 8.37. The summed E-state index contributed by atoms with van der Waals surface area (Å²) in [5.74, 6) is 1.84. The lowest BCUT2D eigenvalue weighted by atomic mass is 9.75. The van der Waals surface area contributed by atoms with Gasteiger partial charge < -0.3 is 13.6 Å². The Morgan fingerprint density at radius 2 is 0.952 bits per heavy atom. The van der Waals surface area contributed by atoms with Crippen molar-refractivity contribution < 1.29 is 13.6 Å². The molecule has 1 aliphatic rings. The summed E-state index contributed by atoms with van der Waals surface area (Å²) in [6, 6.07) is 42.4. The normalized spacial score (nSPS) is 13.9. The van der Waals surface area contributed by atoms with E-state index in [4.69, 9.17) is 13.6 Å². The van der Waals surface area contributed by atoms with Gasteiger partial charge in [0, 0.05) is 38.1 Å². The average Bonchev–Trinajstić information content (AvgIpc) is 3.57. The molecule has 0 saturated carbocycles. The maximum atomic E-state index is 6.46. The highest BCUT2D eigenvalue weighted by Crippen LogP contribution is 2.49. The van der Waals surface area contributed by atoms with Gasteiger partial charge in [0.05, 0.1) is 0 Å². The summed E-state index contributed by atoms with van der Waals surface area (Å²) in [5, 5.41) is 4.48. The van der Waals surface area contributed by atoms with E-state index in [1.54, 1.807) is 0 Å². The third-order valence-corrected chi connectivity index (χ3v) is 8.95. The van der Waals surface area contributed by atoms with E-state index in [0.29, 0.717) is 0 Å². The highest BCUT2D eigenvalue weighted by Gasteiger charge is 2.34. The Hall–Kier alpha value is -5.28. The molecule has 8 aromatic rings. The van der Waals surface area contributed by atoms with Crippen LogP contribution in [-0.2, 0) is 5.41 Å². The molecule has 1 aliphatic heterocycles. The van der Waals surface area contributed by atoms with Crippen LogP contribution < -0.4 is 4.74 Å². The Morgan fingerprint density at radius 3 is 1.76 bits per heavy atom. The van der Waals surface area contributed by atoms with Crippen molar-refractivity contribution in [1.82, 2.24) is 0 Å². The van der Waals surface area contributed by atoms with Crippen molar-refractivity contribution in [2.24, 2.45) is 0 Å². The van der Waals surface area contributed by atoms with Crippen molar-refractivity contribution in [2.75, 3.05) is 0 Å². The van der Waals surface area contributed by atoms with Crippen LogP contribution in [-0.4, -0.2) is 0 Å². The molecule has 0 radical (unpaired) electrons. The molecule has 3 heteroatoms. The lowest BCUT2D eigenvalue weighted by molar-refractivity contribution is 0.418. The zero-order valence-corrected chi connectivity index (χ0v) is 23.3. The first-order valence-corrected chi connectivity index (χ1v) is 14.3. The highest BCUT2D eigenvalue weighted by atomic mass is 16.5. The first kappa shape index (κ1) is 23.4. The minimum atomic E-state index is -0.127. The molecule has 42 heavy (non-hydrogen) atoms. The van der Waals surface area contributed by atoms with Gasteiger partial charge in [-0.2, -0.15) is 0 Å². The average molecular weight is 543 g/mol. The van der Waals surface area contributed by atoms with Crippen LogP contribution >= 0.6 is 0 Å². The predicted octanol–water partition coefficient (Wildman–Crippen LogP) is 11.3. The van der Waals surface area contributed by atoms with Crippen molar-refractivity contribution in [3.8, 4) is 33.8 Å². The van der Waals surface area contributed by atoms with E-state index in [9.17, 15) is 0 Å². The van der Waals surface area contributed by atoms with Gasteiger partial charge in [0.25, 0.3) is 0 Å². The van der Waals surface area contributed by atoms with Crippen LogP contribution in [0.1, 0.15) is 25.0 Å². The molecule has 0 fully saturated rings. The fourth-order valence-electron chi connectivity index (χ4n) is 6.68. The van der Waals surface area contributed by atoms with E-state index in [1.165, 1.54) is 11.1 Å². The monoisotopic (exact) mass is 542 g/mol. The number of fused-ring (bicyclic) bond motifs is 8. The van der Waals surface area contributed by atoms with Crippen LogP contribution in [0.2, 0.25) is 0 Å². The van der Waals surface area contributed by atoms with Gasteiger partial charge in [-0.05, 0) is 76.9 Å². The Morgan fingerprint density at radius 1 is 0.405 bits per heavy atom. The molecule has 0 bridgehead atoms. The van der Waals surface area contributed by atoms with Gasteiger partial charge in [-0.15, -0.1) is 0 Å². The zero-order valence-electron chi connectivity index (χ0n) is 23.3. The molecule has 0 aliphatic carbocycles. The summed E-state index contributed by atoms with van der Waals surface area (Å²) in [4.78, 5) is 0. The summed E-state index contributed by atoms with van der Waals surface area (Å²) in [7, 11) is 0. The smallest absolute Gasteiger partial charge is 0.136 e. The first-order chi connectivity index (χ1) is 20.5. The molecule has 0 amide bonds. The SMILES string of the molecule is CC1(C)c2ccccc2Oc2cc(-c3ccc4c(c3)oc3cc(-c5ccc6oc7ccccc7c6c5)ccc34)ccc21. The van der Waals surface area contributed by atoms with E-state index in [2.05, 4.69) is 117 Å². The lowest BCUT2D eigenvalue weighted by Gasteiger charge is -2.34. The molecule has 0 N–H and O–H groups in total. The van der Waals surface area contributed by atoms with E-state index in [0.717, 1.165) is 77.6 Å². The maximum absolute atomic E-state index is 6.46. The summed E-state index contributed by atoms with van der Waals surface area (Å²) >= 11 is 0. The molecular formula is C39H26O3. The van der Waals surface area contributed by atoms with Gasteiger partial charge in [-0.25, -0.2) is 0 Å². The number of ether oxygens (including phenoxy) is 1. The molecule has 9 rings (SSSR count). The van der Waals surface area contributed by atoms with Crippen molar-refractivity contribution in [3.63, 3.8) is 0 Å². The van der Waals surface area contributed by atoms with Gasteiger partial charge in [0.1, 0.15) is 33.8 Å². The van der Waals surface area contributed by atoms with Crippen LogP contribution in [0, 0.1) is 0 Å². The van der Waals surface area contributed by atoms with E-state index in [-0.39, 0.29) is 5.41 Å². The molecule has 6 aromatic carbocycles. The summed E-state index contributed by atoms with van der Waals surface area (Å²) in [6.45, 7) is 4.52. The number of benzene rings is 6. The third-order valence-electron chi connectivity index (χ3n) is 8.95.